The van der Waals surface area contributed by atoms with Crippen molar-refractivity contribution >= 4 is 11.8 Å². The zero-order chi connectivity index (χ0) is 10.4. The average molecular weight is 209 g/mol. The molecule has 3 heteroatoms. The molecular formula is C11H12FNS. The van der Waals surface area contributed by atoms with Crippen molar-refractivity contribution in [3.8, 4) is 6.07 Å². The molecule has 0 N–H and O–H groups in total. The van der Waals surface area contributed by atoms with Gasteiger partial charge >= 0.3 is 0 Å². The van der Waals surface area contributed by atoms with Gasteiger partial charge in [0, 0.05) is 10.6 Å². The molecule has 0 spiro atoms. The highest BCUT2D eigenvalue weighted by atomic mass is 32.2. The van der Waals surface area contributed by atoms with Crippen molar-refractivity contribution in [3.63, 3.8) is 0 Å². The smallest absolute Gasteiger partial charge is 0.0992 e. The molecule has 0 aromatic heterocycles. The first-order valence-corrected chi connectivity index (χ1v) is 5.48. The molecule has 0 amide bonds. The van der Waals surface area contributed by atoms with Crippen molar-refractivity contribution < 1.29 is 4.39 Å². The normalized spacial score (nSPS) is 12.1. The zero-order valence-corrected chi connectivity index (χ0v) is 8.85. The molecule has 0 bridgehead atoms. The van der Waals surface area contributed by atoms with Crippen molar-refractivity contribution in [1.29, 1.82) is 5.26 Å². The fourth-order valence-corrected chi connectivity index (χ4v) is 2.06. The second-order valence-electron chi connectivity index (χ2n) is 3.06. The molecule has 1 atom stereocenters. The Hall–Kier alpha value is -1.01. The van der Waals surface area contributed by atoms with Gasteiger partial charge in [0.1, 0.15) is 0 Å². The Morgan fingerprint density at radius 1 is 1.57 bits per heavy atom. The first kappa shape index (κ1) is 11.1. The summed E-state index contributed by atoms with van der Waals surface area (Å²) in [6, 6.07) is 9.46. The molecule has 0 fully saturated rings. The van der Waals surface area contributed by atoms with Crippen LogP contribution in [0, 0.1) is 11.3 Å². The Bertz CT molecular complexity index is 330. The highest BCUT2D eigenvalue weighted by Gasteiger charge is 1.99. The fraction of sp³-hybridized carbons (Fsp3) is 0.364. The van der Waals surface area contributed by atoms with Gasteiger partial charge in [-0.15, -0.1) is 11.8 Å². The van der Waals surface area contributed by atoms with Gasteiger partial charge < -0.3 is 0 Å². The van der Waals surface area contributed by atoms with Gasteiger partial charge in [0.05, 0.1) is 17.8 Å². The number of nitrogens with zero attached hydrogens (tertiary/aromatic N) is 1. The Labute approximate surface area is 87.9 Å². The number of nitriles is 1. The maximum absolute atomic E-state index is 12.5. The van der Waals surface area contributed by atoms with E-state index in [0.29, 0.717) is 12.0 Å². The monoisotopic (exact) mass is 209 g/mol. The van der Waals surface area contributed by atoms with Gasteiger partial charge in [0.2, 0.25) is 0 Å². The van der Waals surface area contributed by atoms with E-state index in [1.54, 1.807) is 24.8 Å². The molecule has 1 rings (SSSR count). The van der Waals surface area contributed by atoms with Gasteiger partial charge in [-0.1, -0.05) is 6.07 Å². The summed E-state index contributed by atoms with van der Waals surface area (Å²) in [5.41, 5.74) is 0.656. The summed E-state index contributed by atoms with van der Waals surface area (Å²) in [5, 5.41) is 8.66. The minimum Gasteiger partial charge on any atom is -0.248 e. The maximum Gasteiger partial charge on any atom is 0.0992 e. The summed E-state index contributed by atoms with van der Waals surface area (Å²) >= 11 is 1.59. The number of benzene rings is 1. The van der Waals surface area contributed by atoms with Crippen LogP contribution in [0.3, 0.4) is 0 Å². The van der Waals surface area contributed by atoms with E-state index in [1.807, 2.05) is 18.2 Å². The van der Waals surface area contributed by atoms with E-state index in [-0.39, 0.29) is 0 Å². The highest BCUT2D eigenvalue weighted by molar-refractivity contribution is 7.99. The third kappa shape index (κ3) is 3.80. The van der Waals surface area contributed by atoms with Crippen LogP contribution >= 0.6 is 11.8 Å². The quantitative estimate of drug-likeness (QED) is 0.710. The number of thioether (sulfide) groups is 1. The lowest BCUT2D eigenvalue weighted by atomic mass is 10.2. The molecule has 0 saturated heterocycles. The van der Waals surface area contributed by atoms with Gasteiger partial charge in [-0.25, -0.2) is 4.39 Å². The van der Waals surface area contributed by atoms with Crippen LogP contribution in [0.5, 0.6) is 0 Å². The molecule has 14 heavy (non-hydrogen) atoms. The van der Waals surface area contributed by atoms with Gasteiger partial charge in [0.15, 0.2) is 0 Å². The number of halogens is 1. The third-order valence-electron chi connectivity index (χ3n) is 1.75. The van der Waals surface area contributed by atoms with Crippen molar-refractivity contribution in [2.45, 2.75) is 24.4 Å². The lowest BCUT2D eigenvalue weighted by Crippen LogP contribution is -1.93. The first-order valence-electron chi connectivity index (χ1n) is 4.49. The summed E-state index contributed by atoms with van der Waals surface area (Å²) in [5.74, 6) is 0.756. The van der Waals surface area contributed by atoms with E-state index in [0.717, 1.165) is 10.6 Å². The van der Waals surface area contributed by atoms with Gasteiger partial charge in [-0.2, -0.15) is 5.26 Å². The number of hydrogen-bond acceptors (Lipinski definition) is 2. The number of hydrogen-bond donors (Lipinski definition) is 0. The van der Waals surface area contributed by atoms with Crippen LogP contribution in [0.4, 0.5) is 4.39 Å². The molecule has 0 radical (unpaired) electrons. The minimum absolute atomic E-state index is 0.557. The molecule has 74 valence electrons. The summed E-state index contributed by atoms with van der Waals surface area (Å²) in [6.07, 6.45) is -0.191. The Balaban J connectivity index is 2.47. The zero-order valence-electron chi connectivity index (χ0n) is 8.03. The summed E-state index contributed by atoms with van der Waals surface area (Å²) in [6.45, 7) is 1.56. The lowest BCUT2D eigenvalue weighted by Gasteiger charge is -2.02. The molecule has 0 aliphatic carbocycles. The second-order valence-corrected chi connectivity index (χ2v) is 4.23. The largest absolute Gasteiger partial charge is 0.248 e. The summed E-state index contributed by atoms with van der Waals surface area (Å²) in [4.78, 5) is 1.03. The van der Waals surface area contributed by atoms with Crippen LogP contribution in [0.2, 0.25) is 0 Å². The van der Waals surface area contributed by atoms with Crippen molar-refractivity contribution in [1.82, 2.24) is 0 Å². The van der Waals surface area contributed by atoms with Crippen molar-refractivity contribution in [2.75, 3.05) is 5.75 Å². The highest BCUT2D eigenvalue weighted by Crippen LogP contribution is 2.20. The molecule has 0 aliphatic rings. The molecule has 1 aromatic rings. The number of rotatable bonds is 4. The maximum atomic E-state index is 12.5. The van der Waals surface area contributed by atoms with E-state index in [9.17, 15) is 4.39 Å². The summed E-state index contributed by atoms with van der Waals surface area (Å²) < 4.78 is 12.5. The van der Waals surface area contributed by atoms with E-state index in [4.69, 9.17) is 5.26 Å². The third-order valence-corrected chi connectivity index (χ3v) is 2.77. The van der Waals surface area contributed by atoms with Crippen molar-refractivity contribution in [2.24, 2.45) is 0 Å². The van der Waals surface area contributed by atoms with E-state index in [1.165, 1.54) is 0 Å². The van der Waals surface area contributed by atoms with Gasteiger partial charge in [-0.05, 0) is 31.5 Å². The molecule has 0 saturated carbocycles. The molecule has 1 nitrogen and oxygen atoms in total. The topological polar surface area (TPSA) is 23.8 Å². The Kier molecular flexibility index (Phi) is 4.48. The first-order chi connectivity index (χ1) is 6.72. The molecule has 1 unspecified atom stereocenters. The molecule has 0 aliphatic heterocycles. The molecule has 0 heterocycles. The standard InChI is InChI=1S/C11H12FNS/c1-9(12)5-6-14-11-4-2-3-10(7-11)8-13/h2-4,7,9H,5-6H2,1H3. The number of alkyl halides is 1. The van der Waals surface area contributed by atoms with E-state index in [2.05, 4.69) is 6.07 Å². The predicted molar refractivity (Wildman–Crippen MR) is 57.1 cm³/mol. The Morgan fingerprint density at radius 2 is 2.36 bits per heavy atom. The molecule has 1 aromatic carbocycles. The SMILES string of the molecule is CC(F)CCSc1cccc(C#N)c1. The molecular weight excluding hydrogens is 197 g/mol. The predicted octanol–water partition coefficient (Wildman–Crippen LogP) is 3.40. The summed E-state index contributed by atoms with van der Waals surface area (Å²) in [7, 11) is 0. The van der Waals surface area contributed by atoms with Crippen molar-refractivity contribution in [3.05, 3.63) is 29.8 Å². The van der Waals surface area contributed by atoms with E-state index < -0.39 is 6.17 Å². The van der Waals surface area contributed by atoms with Crippen LogP contribution in [-0.2, 0) is 0 Å². The van der Waals surface area contributed by atoms with Crippen LogP contribution in [-0.4, -0.2) is 11.9 Å². The second kappa shape index (κ2) is 5.66. The van der Waals surface area contributed by atoms with Crippen LogP contribution in [0.15, 0.2) is 29.2 Å². The minimum atomic E-state index is -0.748. The average Bonchev–Trinajstić information content (AvgIpc) is 2.18. The van der Waals surface area contributed by atoms with Gasteiger partial charge in [-0.3, -0.25) is 0 Å². The van der Waals surface area contributed by atoms with Crippen LogP contribution in [0.25, 0.3) is 0 Å². The Morgan fingerprint density at radius 3 is 3.00 bits per heavy atom. The fourth-order valence-electron chi connectivity index (χ4n) is 0.995. The van der Waals surface area contributed by atoms with Crippen LogP contribution in [0.1, 0.15) is 18.9 Å². The lowest BCUT2D eigenvalue weighted by molar-refractivity contribution is 0.355. The van der Waals surface area contributed by atoms with Gasteiger partial charge in [0.25, 0.3) is 0 Å². The van der Waals surface area contributed by atoms with Crippen LogP contribution < -0.4 is 0 Å². The van der Waals surface area contributed by atoms with E-state index >= 15 is 0 Å².